The third-order valence-corrected chi connectivity index (χ3v) is 5.79. The Morgan fingerprint density at radius 3 is 2.47 bits per heavy atom. The van der Waals surface area contributed by atoms with Gasteiger partial charge in [0.1, 0.15) is 24.4 Å². The number of benzene rings is 2. The standard InChI is InChI=1S/C24H29NO6S/c1-16(26)25-20-22(29-15-32-2)21-19(14-28-23(31-21)18-11-7-4-8-12-18)30-24(20)27-13-17-9-5-3-6-10-17/h3-12,19-24H,13-15H2,1-2H3,(H,25,26)/t19-,20-,21-,22-,23-,24+/m0/s1. The minimum absolute atomic E-state index is 0.185. The van der Waals surface area contributed by atoms with Crippen LogP contribution in [0, 0.1) is 0 Å². The van der Waals surface area contributed by atoms with Gasteiger partial charge in [0.25, 0.3) is 0 Å². The molecule has 2 aliphatic rings. The molecule has 2 saturated heterocycles. The Morgan fingerprint density at radius 1 is 1.06 bits per heavy atom. The Kier molecular flexibility index (Phi) is 8.18. The van der Waals surface area contributed by atoms with E-state index in [1.807, 2.05) is 66.9 Å². The molecule has 0 spiro atoms. The first-order valence-electron chi connectivity index (χ1n) is 10.7. The molecule has 0 aliphatic carbocycles. The lowest BCUT2D eigenvalue weighted by atomic mass is 9.95. The third-order valence-electron chi connectivity index (χ3n) is 5.42. The third kappa shape index (κ3) is 5.70. The quantitative estimate of drug-likeness (QED) is 0.608. The van der Waals surface area contributed by atoms with Crippen molar-refractivity contribution in [3.05, 3.63) is 71.8 Å². The van der Waals surface area contributed by atoms with Crippen LogP contribution in [0.25, 0.3) is 0 Å². The van der Waals surface area contributed by atoms with Gasteiger partial charge in [0.15, 0.2) is 12.6 Å². The van der Waals surface area contributed by atoms with Crippen LogP contribution >= 0.6 is 11.8 Å². The van der Waals surface area contributed by atoms with Gasteiger partial charge in [-0.2, -0.15) is 0 Å². The van der Waals surface area contributed by atoms with Gasteiger partial charge >= 0.3 is 0 Å². The summed E-state index contributed by atoms with van der Waals surface area (Å²) in [7, 11) is 0. The van der Waals surface area contributed by atoms with Crippen molar-refractivity contribution in [3.8, 4) is 0 Å². The zero-order valence-corrected chi connectivity index (χ0v) is 19.0. The molecule has 7 nitrogen and oxygen atoms in total. The van der Waals surface area contributed by atoms with Crippen LogP contribution in [0.2, 0.25) is 0 Å². The van der Waals surface area contributed by atoms with Crippen LogP contribution in [0.3, 0.4) is 0 Å². The minimum Gasteiger partial charge on any atom is -0.362 e. The number of carbonyl (C=O) groups is 1. The molecule has 1 N–H and O–H groups in total. The molecule has 0 radical (unpaired) electrons. The van der Waals surface area contributed by atoms with E-state index < -0.39 is 30.8 Å². The van der Waals surface area contributed by atoms with Crippen LogP contribution < -0.4 is 5.32 Å². The first kappa shape index (κ1) is 23.2. The van der Waals surface area contributed by atoms with Gasteiger partial charge in [-0.15, -0.1) is 11.8 Å². The van der Waals surface area contributed by atoms with Gasteiger partial charge in [-0.25, -0.2) is 0 Å². The lowest BCUT2D eigenvalue weighted by molar-refractivity contribution is -0.348. The highest BCUT2D eigenvalue weighted by Crippen LogP contribution is 2.36. The number of ether oxygens (including phenoxy) is 5. The predicted molar refractivity (Wildman–Crippen MR) is 121 cm³/mol. The Labute approximate surface area is 192 Å². The van der Waals surface area contributed by atoms with E-state index in [9.17, 15) is 4.79 Å². The largest absolute Gasteiger partial charge is 0.362 e. The second kappa shape index (κ2) is 11.3. The van der Waals surface area contributed by atoms with E-state index in [0.29, 0.717) is 19.2 Å². The number of carbonyl (C=O) groups excluding carboxylic acids is 1. The van der Waals surface area contributed by atoms with Gasteiger partial charge in [0, 0.05) is 12.5 Å². The Bertz CT molecular complexity index is 854. The molecule has 2 aromatic carbocycles. The summed E-state index contributed by atoms with van der Waals surface area (Å²) >= 11 is 1.56. The number of rotatable bonds is 8. The van der Waals surface area contributed by atoms with Crippen molar-refractivity contribution >= 4 is 17.7 Å². The summed E-state index contributed by atoms with van der Waals surface area (Å²) in [6.07, 6.45) is -0.525. The maximum absolute atomic E-state index is 12.0. The van der Waals surface area contributed by atoms with Crippen LogP contribution in [0.15, 0.2) is 60.7 Å². The smallest absolute Gasteiger partial charge is 0.217 e. The van der Waals surface area contributed by atoms with Gasteiger partial charge < -0.3 is 29.0 Å². The first-order valence-corrected chi connectivity index (χ1v) is 12.1. The average Bonchev–Trinajstić information content (AvgIpc) is 2.82. The van der Waals surface area contributed by atoms with Crippen molar-refractivity contribution in [2.75, 3.05) is 18.8 Å². The number of hydrogen-bond donors (Lipinski definition) is 1. The molecular weight excluding hydrogens is 430 g/mol. The van der Waals surface area contributed by atoms with Crippen molar-refractivity contribution in [1.82, 2.24) is 5.32 Å². The van der Waals surface area contributed by atoms with Crippen LogP contribution in [0.1, 0.15) is 24.3 Å². The SMILES string of the molecule is CSCO[C@H]1[C@H](NC(C)=O)[C@H](OCc2ccccc2)O[C@H]2CO[C@H](c3ccccc3)O[C@H]12. The summed E-state index contributed by atoms with van der Waals surface area (Å²) in [6, 6.07) is 19.1. The van der Waals surface area contributed by atoms with Crippen molar-refractivity contribution in [2.45, 2.75) is 50.5 Å². The first-order chi connectivity index (χ1) is 15.7. The van der Waals surface area contributed by atoms with E-state index in [4.69, 9.17) is 23.7 Å². The minimum atomic E-state index is -0.701. The maximum Gasteiger partial charge on any atom is 0.217 e. The summed E-state index contributed by atoms with van der Waals surface area (Å²) in [4.78, 5) is 12.0. The van der Waals surface area contributed by atoms with Crippen LogP contribution in [-0.4, -0.2) is 55.4 Å². The summed E-state index contributed by atoms with van der Waals surface area (Å²) in [6.45, 7) is 2.16. The van der Waals surface area contributed by atoms with E-state index in [0.717, 1.165) is 11.1 Å². The molecule has 2 heterocycles. The second-order valence-electron chi connectivity index (χ2n) is 7.78. The Morgan fingerprint density at radius 2 is 1.78 bits per heavy atom. The molecule has 0 unspecified atom stereocenters. The molecule has 32 heavy (non-hydrogen) atoms. The molecule has 0 aromatic heterocycles. The fourth-order valence-corrected chi connectivity index (χ4v) is 4.27. The van der Waals surface area contributed by atoms with E-state index in [2.05, 4.69) is 5.32 Å². The van der Waals surface area contributed by atoms with E-state index in [-0.39, 0.29) is 12.0 Å². The predicted octanol–water partition coefficient (Wildman–Crippen LogP) is 3.25. The highest BCUT2D eigenvalue weighted by Gasteiger charge is 2.51. The normalized spacial score (nSPS) is 29.8. The molecule has 2 aliphatic heterocycles. The van der Waals surface area contributed by atoms with Gasteiger partial charge in [0.2, 0.25) is 5.91 Å². The second-order valence-corrected chi connectivity index (χ2v) is 8.59. The lowest BCUT2D eigenvalue weighted by Gasteiger charge is -2.49. The van der Waals surface area contributed by atoms with Crippen LogP contribution in [-0.2, 0) is 35.1 Å². The molecule has 4 rings (SSSR count). The van der Waals surface area contributed by atoms with Crippen molar-refractivity contribution < 1.29 is 28.5 Å². The van der Waals surface area contributed by atoms with Gasteiger partial charge in [-0.1, -0.05) is 60.7 Å². The van der Waals surface area contributed by atoms with Gasteiger partial charge in [-0.05, 0) is 11.8 Å². The molecular formula is C24H29NO6S. The lowest BCUT2D eigenvalue weighted by Crippen LogP contribution is -2.67. The van der Waals surface area contributed by atoms with E-state index in [1.54, 1.807) is 11.8 Å². The average molecular weight is 460 g/mol. The fourth-order valence-electron chi connectivity index (χ4n) is 3.98. The molecule has 8 heteroatoms. The Hall–Kier alpha value is -1.94. The van der Waals surface area contributed by atoms with E-state index in [1.165, 1.54) is 6.92 Å². The summed E-state index contributed by atoms with van der Waals surface area (Å²) in [5, 5.41) is 2.97. The zero-order valence-electron chi connectivity index (χ0n) is 18.2. The molecule has 6 atom stereocenters. The molecule has 1 amide bonds. The molecule has 0 saturated carbocycles. The number of nitrogens with one attached hydrogen (secondary N) is 1. The summed E-state index contributed by atoms with van der Waals surface area (Å²) in [5.41, 5.74) is 1.94. The Balaban J connectivity index is 1.54. The highest BCUT2D eigenvalue weighted by molar-refractivity contribution is 7.98. The molecule has 0 bridgehead atoms. The van der Waals surface area contributed by atoms with Crippen molar-refractivity contribution in [1.29, 1.82) is 0 Å². The topological polar surface area (TPSA) is 75.3 Å². The van der Waals surface area contributed by atoms with Crippen molar-refractivity contribution in [3.63, 3.8) is 0 Å². The zero-order chi connectivity index (χ0) is 22.3. The van der Waals surface area contributed by atoms with E-state index >= 15 is 0 Å². The number of amides is 1. The molecule has 2 aromatic rings. The number of hydrogen-bond acceptors (Lipinski definition) is 7. The van der Waals surface area contributed by atoms with Crippen LogP contribution in [0.5, 0.6) is 0 Å². The van der Waals surface area contributed by atoms with Gasteiger partial charge in [0.05, 0.1) is 19.2 Å². The number of fused-ring (bicyclic) bond motifs is 1. The summed E-state index contributed by atoms with van der Waals surface area (Å²) < 4.78 is 30.8. The fraction of sp³-hybridized carbons (Fsp3) is 0.458. The highest BCUT2D eigenvalue weighted by atomic mass is 32.2. The summed E-state index contributed by atoms with van der Waals surface area (Å²) in [5.74, 6) is 0.269. The van der Waals surface area contributed by atoms with Gasteiger partial charge in [-0.3, -0.25) is 4.79 Å². The molecule has 172 valence electrons. The molecule has 2 fully saturated rings. The van der Waals surface area contributed by atoms with Crippen LogP contribution in [0.4, 0.5) is 0 Å². The number of thioether (sulfide) groups is 1. The monoisotopic (exact) mass is 459 g/mol. The van der Waals surface area contributed by atoms with Crippen molar-refractivity contribution in [2.24, 2.45) is 0 Å². The maximum atomic E-state index is 12.0.